The minimum Gasteiger partial charge on any atom is -0.338 e. The van der Waals surface area contributed by atoms with E-state index in [9.17, 15) is 26.7 Å². The molecule has 0 fully saturated rings. The Labute approximate surface area is 105 Å². The summed E-state index contributed by atoms with van der Waals surface area (Å²) in [5.41, 5.74) is 0.300. The Morgan fingerprint density at radius 1 is 1.05 bits per heavy atom. The first kappa shape index (κ1) is 15.2. The van der Waals surface area contributed by atoms with Gasteiger partial charge in [0.25, 0.3) is 0 Å². The van der Waals surface area contributed by atoms with E-state index in [1.807, 2.05) is 0 Å². The maximum atomic E-state index is 12.8. The Bertz CT molecular complexity index is 427. The molecule has 106 valence electrons. The predicted octanol–water partition coefficient (Wildman–Crippen LogP) is 2.37. The highest BCUT2D eigenvalue weighted by Gasteiger charge is 2.27. The highest BCUT2D eigenvalue weighted by atomic mass is 19.4. The molecule has 19 heavy (non-hydrogen) atoms. The number of carbonyl (C=O) groups excluding carboxylic acids is 1. The Morgan fingerprint density at radius 3 is 2.16 bits per heavy atom. The zero-order chi connectivity index (χ0) is 14.5. The highest BCUT2D eigenvalue weighted by Crippen LogP contribution is 2.12. The van der Waals surface area contributed by atoms with Crippen LogP contribution in [-0.2, 0) is 6.42 Å². The van der Waals surface area contributed by atoms with Gasteiger partial charge < -0.3 is 10.6 Å². The Morgan fingerprint density at radius 2 is 1.63 bits per heavy atom. The van der Waals surface area contributed by atoms with E-state index < -0.39 is 30.4 Å². The van der Waals surface area contributed by atoms with E-state index in [0.717, 1.165) is 12.1 Å². The summed E-state index contributed by atoms with van der Waals surface area (Å²) in [5, 5.41) is 3.76. The fourth-order valence-corrected chi connectivity index (χ4v) is 1.32. The second-order valence-electron chi connectivity index (χ2n) is 3.75. The molecule has 0 saturated carbocycles. The average molecular weight is 282 g/mol. The molecule has 0 atom stereocenters. The summed E-state index contributed by atoms with van der Waals surface area (Å²) < 4.78 is 60.9. The normalized spacial score (nSPS) is 11.2. The third kappa shape index (κ3) is 6.58. The number of amides is 2. The number of alkyl halides is 3. The second-order valence-corrected chi connectivity index (χ2v) is 3.75. The molecule has 0 radical (unpaired) electrons. The van der Waals surface area contributed by atoms with Crippen LogP contribution in [0.25, 0.3) is 0 Å². The van der Waals surface area contributed by atoms with Crippen LogP contribution >= 0.6 is 0 Å². The lowest BCUT2D eigenvalue weighted by molar-refractivity contribution is -0.122. The van der Waals surface area contributed by atoms with Gasteiger partial charge in [0.05, 0.1) is 0 Å². The lowest BCUT2D eigenvalue weighted by atomic mass is 10.1. The summed E-state index contributed by atoms with van der Waals surface area (Å²) >= 11 is 0. The molecule has 1 rings (SSSR count). The number of hydrogen-bond donors (Lipinski definition) is 2. The molecule has 2 N–H and O–H groups in total. The molecular weight excluding hydrogens is 271 g/mol. The third-order valence-electron chi connectivity index (χ3n) is 2.07. The van der Waals surface area contributed by atoms with Crippen LogP contribution in [0.4, 0.5) is 26.7 Å². The fraction of sp³-hybridized carbons (Fsp3) is 0.364. The van der Waals surface area contributed by atoms with Gasteiger partial charge in [-0.25, -0.2) is 13.6 Å². The molecule has 0 heterocycles. The lowest BCUT2D eigenvalue weighted by Crippen LogP contribution is -2.41. The van der Waals surface area contributed by atoms with Gasteiger partial charge in [-0.05, 0) is 24.1 Å². The van der Waals surface area contributed by atoms with Crippen LogP contribution in [-0.4, -0.2) is 25.3 Å². The smallest absolute Gasteiger partial charge is 0.338 e. The summed E-state index contributed by atoms with van der Waals surface area (Å²) in [6.07, 6.45) is -4.38. The van der Waals surface area contributed by atoms with Gasteiger partial charge in [-0.3, -0.25) is 0 Å². The monoisotopic (exact) mass is 282 g/mol. The Kier molecular flexibility index (Phi) is 5.08. The number of carbonyl (C=O) groups is 1. The lowest BCUT2D eigenvalue weighted by Gasteiger charge is -2.09. The van der Waals surface area contributed by atoms with Crippen molar-refractivity contribution >= 4 is 6.03 Å². The van der Waals surface area contributed by atoms with Crippen LogP contribution in [0.5, 0.6) is 0 Å². The summed E-state index contributed by atoms with van der Waals surface area (Å²) in [6.45, 7) is -1.47. The van der Waals surface area contributed by atoms with E-state index in [1.54, 1.807) is 5.32 Å². The molecule has 0 spiro atoms. The van der Waals surface area contributed by atoms with Gasteiger partial charge in [-0.2, -0.15) is 13.2 Å². The summed E-state index contributed by atoms with van der Waals surface area (Å²) in [5.74, 6) is -1.51. The average Bonchev–Trinajstić information content (AvgIpc) is 2.24. The molecule has 0 unspecified atom stereocenters. The maximum absolute atomic E-state index is 12.8. The minimum absolute atomic E-state index is 0.0351. The SMILES string of the molecule is O=C(NCCc1cc(F)cc(F)c1)NCC(F)(F)F. The maximum Gasteiger partial charge on any atom is 0.405 e. The largest absolute Gasteiger partial charge is 0.405 e. The van der Waals surface area contributed by atoms with Crippen molar-refractivity contribution in [3.8, 4) is 0 Å². The molecule has 0 aliphatic heterocycles. The molecule has 0 aliphatic rings. The summed E-state index contributed by atoms with van der Waals surface area (Å²) in [7, 11) is 0. The summed E-state index contributed by atoms with van der Waals surface area (Å²) in [6, 6.07) is 1.87. The molecular formula is C11H11F5N2O. The number of hydrogen-bond acceptors (Lipinski definition) is 1. The van der Waals surface area contributed by atoms with E-state index in [-0.39, 0.29) is 13.0 Å². The Hall–Kier alpha value is -1.86. The quantitative estimate of drug-likeness (QED) is 0.818. The molecule has 0 saturated heterocycles. The van der Waals surface area contributed by atoms with E-state index in [0.29, 0.717) is 11.6 Å². The van der Waals surface area contributed by atoms with Gasteiger partial charge in [-0.1, -0.05) is 0 Å². The van der Waals surface area contributed by atoms with Gasteiger partial charge in [0, 0.05) is 12.6 Å². The van der Waals surface area contributed by atoms with Crippen LogP contribution in [0.2, 0.25) is 0 Å². The topological polar surface area (TPSA) is 41.1 Å². The molecule has 0 aromatic heterocycles. The van der Waals surface area contributed by atoms with Crippen molar-refractivity contribution < 1.29 is 26.7 Å². The molecule has 2 amide bonds. The van der Waals surface area contributed by atoms with Crippen molar-refractivity contribution in [1.82, 2.24) is 10.6 Å². The third-order valence-corrected chi connectivity index (χ3v) is 2.07. The number of halogens is 5. The fourth-order valence-electron chi connectivity index (χ4n) is 1.32. The van der Waals surface area contributed by atoms with Crippen LogP contribution in [0, 0.1) is 11.6 Å². The van der Waals surface area contributed by atoms with Crippen LogP contribution in [0.15, 0.2) is 18.2 Å². The zero-order valence-electron chi connectivity index (χ0n) is 9.65. The number of urea groups is 1. The number of rotatable bonds is 4. The summed E-state index contributed by atoms with van der Waals surface area (Å²) in [4.78, 5) is 10.9. The van der Waals surface area contributed by atoms with E-state index in [1.165, 1.54) is 0 Å². The zero-order valence-corrected chi connectivity index (χ0v) is 9.65. The van der Waals surface area contributed by atoms with Crippen LogP contribution in [0.3, 0.4) is 0 Å². The number of nitrogens with one attached hydrogen (secondary N) is 2. The van der Waals surface area contributed by atoms with Crippen molar-refractivity contribution in [3.05, 3.63) is 35.4 Å². The van der Waals surface area contributed by atoms with Crippen LogP contribution < -0.4 is 10.6 Å². The predicted molar refractivity (Wildman–Crippen MR) is 57.5 cm³/mol. The first-order chi connectivity index (χ1) is 8.76. The van der Waals surface area contributed by atoms with Crippen molar-refractivity contribution in [3.63, 3.8) is 0 Å². The van der Waals surface area contributed by atoms with Crippen molar-refractivity contribution in [2.45, 2.75) is 12.6 Å². The van der Waals surface area contributed by atoms with Crippen molar-refractivity contribution in [2.24, 2.45) is 0 Å². The highest BCUT2D eigenvalue weighted by molar-refractivity contribution is 5.73. The standard InChI is InChI=1S/C11H11F5N2O/c12-8-3-7(4-9(13)5-8)1-2-17-10(19)18-6-11(14,15)16/h3-5H,1-2,6H2,(H2,17,18,19). The molecule has 1 aromatic rings. The molecule has 0 bridgehead atoms. The Balaban J connectivity index is 2.32. The van der Waals surface area contributed by atoms with E-state index in [2.05, 4.69) is 5.32 Å². The second kappa shape index (κ2) is 6.35. The van der Waals surface area contributed by atoms with Gasteiger partial charge in [-0.15, -0.1) is 0 Å². The first-order valence-electron chi connectivity index (χ1n) is 5.30. The van der Waals surface area contributed by atoms with Gasteiger partial charge >= 0.3 is 12.2 Å². The first-order valence-corrected chi connectivity index (χ1v) is 5.30. The van der Waals surface area contributed by atoms with Gasteiger partial charge in [0.1, 0.15) is 18.2 Å². The van der Waals surface area contributed by atoms with Crippen LogP contribution in [0.1, 0.15) is 5.56 Å². The van der Waals surface area contributed by atoms with E-state index in [4.69, 9.17) is 0 Å². The number of benzene rings is 1. The van der Waals surface area contributed by atoms with Gasteiger partial charge in [0.15, 0.2) is 0 Å². The molecule has 0 aliphatic carbocycles. The minimum atomic E-state index is -4.48. The van der Waals surface area contributed by atoms with Crippen molar-refractivity contribution in [1.29, 1.82) is 0 Å². The molecule has 3 nitrogen and oxygen atoms in total. The van der Waals surface area contributed by atoms with Gasteiger partial charge in [0.2, 0.25) is 0 Å². The van der Waals surface area contributed by atoms with Crippen molar-refractivity contribution in [2.75, 3.05) is 13.1 Å². The van der Waals surface area contributed by atoms with E-state index >= 15 is 0 Å². The molecule has 8 heteroatoms. The molecule has 1 aromatic carbocycles.